The van der Waals surface area contributed by atoms with Gasteiger partial charge in [-0.05, 0) is 33.3 Å². The lowest BCUT2D eigenvalue weighted by molar-refractivity contribution is -0.152. The first-order chi connectivity index (χ1) is 11.2. The SMILES string of the molecule is CCOC(=O)C(C)(C)n1c(CC)nc2sc(C(N)=O)c(C)c2c1=O. The van der Waals surface area contributed by atoms with Crippen LogP contribution in [0.5, 0.6) is 0 Å². The molecule has 1 amide bonds. The van der Waals surface area contributed by atoms with E-state index in [1.54, 1.807) is 27.7 Å². The van der Waals surface area contributed by atoms with E-state index in [0.717, 1.165) is 11.3 Å². The zero-order valence-corrected chi connectivity index (χ0v) is 15.2. The third-order valence-electron chi connectivity index (χ3n) is 3.91. The highest BCUT2D eigenvalue weighted by Crippen LogP contribution is 2.28. The number of fused-ring (bicyclic) bond motifs is 1. The fourth-order valence-corrected chi connectivity index (χ4v) is 3.72. The molecule has 7 nitrogen and oxygen atoms in total. The van der Waals surface area contributed by atoms with Crippen LogP contribution in [0.25, 0.3) is 10.2 Å². The number of aromatic nitrogens is 2. The van der Waals surface area contributed by atoms with Crippen LogP contribution in [-0.4, -0.2) is 28.0 Å². The van der Waals surface area contributed by atoms with Gasteiger partial charge in [-0.3, -0.25) is 14.2 Å². The molecule has 0 radical (unpaired) electrons. The van der Waals surface area contributed by atoms with Crippen molar-refractivity contribution in [2.45, 2.75) is 46.6 Å². The van der Waals surface area contributed by atoms with E-state index in [0.29, 0.717) is 32.9 Å². The number of thiophene rings is 1. The van der Waals surface area contributed by atoms with Crippen LogP contribution in [0.15, 0.2) is 4.79 Å². The Hall–Kier alpha value is -2.22. The summed E-state index contributed by atoms with van der Waals surface area (Å²) in [5.74, 6) is -0.641. The Morgan fingerprint density at radius 3 is 2.46 bits per heavy atom. The van der Waals surface area contributed by atoms with E-state index >= 15 is 0 Å². The maximum atomic E-state index is 13.1. The van der Waals surface area contributed by atoms with Crippen molar-refractivity contribution in [3.8, 4) is 0 Å². The van der Waals surface area contributed by atoms with E-state index in [9.17, 15) is 14.4 Å². The Bertz CT molecular complexity index is 880. The first-order valence-corrected chi connectivity index (χ1v) is 8.50. The molecule has 0 spiro atoms. The van der Waals surface area contributed by atoms with Crippen molar-refractivity contribution in [1.82, 2.24) is 9.55 Å². The van der Waals surface area contributed by atoms with Crippen molar-refractivity contribution >= 4 is 33.4 Å². The van der Waals surface area contributed by atoms with Gasteiger partial charge in [0.25, 0.3) is 11.5 Å². The fraction of sp³-hybridized carbons (Fsp3) is 0.500. The standard InChI is InChI=1S/C16H21N3O4S/c1-6-9-18-13-10(8(3)11(24-13)12(17)20)14(21)19(9)16(4,5)15(22)23-7-2/h6-7H2,1-5H3,(H2,17,20). The monoisotopic (exact) mass is 351 g/mol. The van der Waals surface area contributed by atoms with Gasteiger partial charge in [-0.1, -0.05) is 6.92 Å². The Labute approximate surface area is 143 Å². The molecular formula is C16H21N3O4S. The Kier molecular flexibility index (Phi) is 4.80. The number of rotatable bonds is 5. The molecule has 8 heteroatoms. The third-order valence-corrected chi connectivity index (χ3v) is 5.11. The van der Waals surface area contributed by atoms with Gasteiger partial charge < -0.3 is 10.5 Å². The number of nitrogens with two attached hydrogens (primary N) is 1. The molecule has 130 valence electrons. The molecule has 0 atom stereocenters. The van der Waals surface area contributed by atoms with E-state index in [-0.39, 0.29) is 12.2 Å². The van der Waals surface area contributed by atoms with Gasteiger partial charge in [0.1, 0.15) is 16.2 Å². The van der Waals surface area contributed by atoms with Crippen LogP contribution in [0, 0.1) is 6.92 Å². The van der Waals surface area contributed by atoms with Gasteiger partial charge in [-0.2, -0.15) is 0 Å². The molecule has 2 rings (SSSR count). The van der Waals surface area contributed by atoms with Gasteiger partial charge in [0.05, 0.1) is 16.9 Å². The summed E-state index contributed by atoms with van der Waals surface area (Å²) in [5.41, 5.74) is 4.30. The summed E-state index contributed by atoms with van der Waals surface area (Å²) in [6, 6.07) is 0. The highest BCUT2D eigenvalue weighted by molar-refractivity contribution is 7.20. The molecule has 0 aliphatic carbocycles. The van der Waals surface area contributed by atoms with Gasteiger partial charge >= 0.3 is 5.97 Å². The van der Waals surface area contributed by atoms with Crippen LogP contribution in [0.2, 0.25) is 0 Å². The van der Waals surface area contributed by atoms with Gasteiger partial charge in [0.2, 0.25) is 0 Å². The van der Waals surface area contributed by atoms with Crippen molar-refractivity contribution < 1.29 is 14.3 Å². The molecule has 2 aromatic rings. The second kappa shape index (κ2) is 6.35. The molecule has 2 heterocycles. The third kappa shape index (κ3) is 2.71. The van der Waals surface area contributed by atoms with Gasteiger partial charge in [0, 0.05) is 6.42 Å². The number of primary amides is 1. The lowest BCUT2D eigenvalue weighted by Crippen LogP contribution is -2.45. The van der Waals surface area contributed by atoms with Gasteiger partial charge in [-0.15, -0.1) is 11.3 Å². The predicted molar refractivity (Wildman–Crippen MR) is 92.5 cm³/mol. The predicted octanol–water partition coefficient (Wildman–Crippen LogP) is 1.73. The van der Waals surface area contributed by atoms with Gasteiger partial charge in [0.15, 0.2) is 0 Å². The number of hydrogen-bond donors (Lipinski definition) is 1. The van der Waals surface area contributed by atoms with E-state index < -0.39 is 17.4 Å². The van der Waals surface area contributed by atoms with E-state index in [2.05, 4.69) is 4.98 Å². The number of nitrogens with zero attached hydrogens (tertiary/aromatic N) is 2. The lowest BCUT2D eigenvalue weighted by Gasteiger charge is -2.27. The number of aryl methyl sites for hydroxylation is 2. The van der Waals surface area contributed by atoms with E-state index in [1.165, 1.54) is 4.57 Å². The second-order valence-corrected chi connectivity index (χ2v) is 6.90. The summed E-state index contributed by atoms with van der Waals surface area (Å²) in [5, 5.41) is 0.323. The number of carbonyl (C=O) groups is 2. The highest BCUT2D eigenvalue weighted by atomic mass is 32.1. The van der Waals surface area contributed by atoms with Crippen LogP contribution in [-0.2, 0) is 21.5 Å². The summed E-state index contributed by atoms with van der Waals surface area (Å²) in [6.45, 7) is 8.68. The highest BCUT2D eigenvalue weighted by Gasteiger charge is 2.35. The largest absolute Gasteiger partial charge is 0.464 e. The summed E-state index contributed by atoms with van der Waals surface area (Å²) in [4.78, 5) is 42.2. The summed E-state index contributed by atoms with van der Waals surface area (Å²) < 4.78 is 6.46. The summed E-state index contributed by atoms with van der Waals surface area (Å²) >= 11 is 1.10. The second-order valence-electron chi connectivity index (χ2n) is 5.90. The molecule has 0 unspecified atom stereocenters. The molecule has 0 aromatic carbocycles. The molecule has 2 aromatic heterocycles. The van der Waals surface area contributed by atoms with Crippen molar-refractivity contribution in [2.75, 3.05) is 6.61 Å². The van der Waals surface area contributed by atoms with Crippen molar-refractivity contribution in [3.63, 3.8) is 0 Å². The van der Waals surface area contributed by atoms with Crippen LogP contribution in [0.3, 0.4) is 0 Å². The normalized spacial score (nSPS) is 11.7. The zero-order chi connectivity index (χ0) is 18.2. The lowest BCUT2D eigenvalue weighted by atomic mass is 10.0. The van der Waals surface area contributed by atoms with Gasteiger partial charge in [-0.25, -0.2) is 9.78 Å². The van der Waals surface area contributed by atoms with E-state index in [4.69, 9.17) is 10.5 Å². The molecule has 0 fully saturated rings. The molecule has 0 aliphatic rings. The maximum Gasteiger partial charge on any atom is 0.331 e. The van der Waals surface area contributed by atoms with Crippen LogP contribution >= 0.6 is 11.3 Å². The Morgan fingerprint density at radius 2 is 1.96 bits per heavy atom. The molecule has 0 aliphatic heterocycles. The van der Waals surface area contributed by atoms with Crippen LogP contribution < -0.4 is 11.3 Å². The number of hydrogen-bond acceptors (Lipinski definition) is 6. The molecule has 0 saturated carbocycles. The molecule has 0 bridgehead atoms. The van der Waals surface area contributed by atoms with Crippen LogP contribution in [0.1, 0.15) is 48.8 Å². The number of carbonyl (C=O) groups excluding carboxylic acids is 2. The topological polar surface area (TPSA) is 104 Å². The fourth-order valence-electron chi connectivity index (χ4n) is 2.67. The Morgan fingerprint density at radius 1 is 1.33 bits per heavy atom. The number of ether oxygens (including phenoxy) is 1. The minimum absolute atomic E-state index is 0.220. The van der Waals surface area contributed by atoms with Crippen LogP contribution in [0.4, 0.5) is 0 Å². The van der Waals surface area contributed by atoms with Crippen molar-refractivity contribution in [2.24, 2.45) is 5.73 Å². The zero-order valence-electron chi connectivity index (χ0n) is 14.4. The summed E-state index contributed by atoms with van der Waals surface area (Å²) in [6.07, 6.45) is 0.455. The number of amides is 1. The average Bonchev–Trinajstić information content (AvgIpc) is 2.84. The van der Waals surface area contributed by atoms with Crippen molar-refractivity contribution in [1.29, 1.82) is 0 Å². The first kappa shape index (κ1) is 18.1. The summed E-state index contributed by atoms with van der Waals surface area (Å²) in [7, 11) is 0. The molecule has 24 heavy (non-hydrogen) atoms. The van der Waals surface area contributed by atoms with Crippen molar-refractivity contribution in [3.05, 3.63) is 26.6 Å². The Balaban J connectivity index is 2.86. The average molecular weight is 351 g/mol. The minimum atomic E-state index is -1.21. The molecule has 0 saturated heterocycles. The molecular weight excluding hydrogens is 330 g/mol. The number of esters is 1. The maximum absolute atomic E-state index is 13.1. The molecule has 2 N–H and O–H groups in total. The minimum Gasteiger partial charge on any atom is -0.464 e. The quantitative estimate of drug-likeness (QED) is 0.826. The van der Waals surface area contributed by atoms with E-state index in [1.807, 2.05) is 6.92 Å². The smallest absolute Gasteiger partial charge is 0.331 e. The first-order valence-electron chi connectivity index (χ1n) is 7.69.